The van der Waals surface area contributed by atoms with Gasteiger partial charge in [-0.15, -0.1) is 0 Å². The molecule has 2 aromatic carbocycles. The Morgan fingerprint density at radius 2 is 0.640 bits per heavy atom. The van der Waals surface area contributed by atoms with Gasteiger partial charge in [-0.05, 0) is 6.44 Å². The van der Waals surface area contributed by atoms with Gasteiger partial charge in [0.2, 0.25) is 6.71 Å². The van der Waals surface area contributed by atoms with Crippen LogP contribution >= 0.6 is 0 Å². The summed E-state index contributed by atoms with van der Waals surface area (Å²) in [6.45, 7) is -2.53. The minimum absolute atomic E-state index is 1.23. The van der Waals surface area contributed by atoms with Crippen LogP contribution < -0.4 is 16.7 Å². The van der Waals surface area contributed by atoms with Gasteiger partial charge in [0.15, 0.2) is 58.2 Å². The van der Waals surface area contributed by atoms with Gasteiger partial charge in [0.05, 0.1) is 0 Å². The normalized spacial score (nSPS) is 11.2. The summed E-state index contributed by atoms with van der Waals surface area (Å²) in [6.07, 6.45) is -1.23. The molecule has 0 unspecified atom stereocenters. The molecule has 12 heteroatoms. The average molecular weight is 375 g/mol. The summed E-state index contributed by atoms with van der Waals surface area (Å²) in [4.78, 5) is 0. The predicted molar refractivity (Wildman–Crippen MR) is 66.5 cm³/mol. The zero-order valence-electron chi connectivity index (χ0n) is 11.6. The molecular formula is C13H4BF10N. The molecule has 2 aromatic rings. The van der Waals surface area contributed by atoms with Crippen LogP contribution in [0.5, 0.6) is 0 Å². The molecule has 25 heavy (non-hydrogen) atoms. The first kappa shape index (κ1) is 19.1. The minimum Gasteiger partial charge on any atom is -0.337 e. The highest BCUT2D eigenvalue weighted by Gasteiger charge is 2.38. The van der Waals surface area contributed by atoms with Gasteiger partial charge in [0.25, 0.3) is 0 Å². The zero-order chi connectivity index (χ0) is 19.2. The fraction of sp³-hybridized carbons (Fsp3) is 0.0769. The van der Waals surface area contributed by atoms with Gasteiger partial charge in [-0.2, -0.15) is 0 Å². The highest BCUT2D eigenvalue weighted by atomic mass is 19.2. The van der Waals surface area contributed by atoms with Gasteiger partial charge in [0.1, 0.15) is 0 Å². The lowest BCUT2D eigenvalue weighted by atomic mass is 9.40. The average Bonchev–Trinajstić information content (AvgIpc) is 2.60. The minimum atomic E-state index is -2.56. The fourth-order valence-corrected chi connectivity index (χ4v) is 2.24. The highest BCUT2D eigenvalue weighted by molar-refractivity contribution is 6.85. The van der Waals surface area contributed by atoms with E-state index in [1.54, 1.807) is 0 Å². The molecule has 0 saturated heterocycles. The molecule has 0 amide bonds. The van der Waals surface area contributed by atoms with Crippen molar-refractivity contribution in [3.63, 3.8) is 0 Å². The molecule has 2 N–H and O–H groups in total. The fourth-order valence-electron chi connectivity index (χ4n) is 2.24. The third-order valence-corrected chi connectivity index (χ3v) is 3.42. The van der Waals surface area contributed by atoms with Crippen molar-refractivity contribution in [3.8, 4) is 0 Å². The Morgan fingerprint density at radius 1 is 0.440 bits per heavy atom. The van der Waals surface area contributed by atoms with Crippen molar-refractivity contribution >= 4 is 17.6 Å². The second kappa shape index (κ2) is 6.58. The number of hydrogen-bond acceptors (Lipinski definition) is 1. The maximum atomic E-state index is 13.8. The van der Waals surface area contributed by atoms with Crippen molar-refractivity contribution in [2.24, 2.45) is 5.73 Å². The standard InChI is InChI=1S/C13H4BF10N/c15-4-2(5(16)9(20)12(23)8(4)19)14(1-25)3-6(17)10(21)13(24)11(22)7(3)18/h1,25H2. The zero-order valence-corrected chi connectivity index (χ0v) is 11.6. The second-order valence-electron chi connectivity index (χ2n) is 4.76. The van der Waals surface area contributed by atoms with Crippen LogP contribution in [0, 0.1) is 58.2 Å². The Kier molecular flexibility index (Phi) is 5.03. The molecular weight excluding hydrogens is 371 g/mol. The first-order valence-electron chi connectivity index (χ1n) is 6.28. The monoisotopic (exact) mass is 375 g/mol. The summed E-state index contributed by atoms with van der Waals surface area (Å²) in [6, 6.07) is 0. The van der Waals surface area contributed by atoms with Crippen molar-refractivity contribution in [2.45, 2.75) is 0 Å². The molecule has 2 rings (SSSR count). The Balaban J connectivity index is 2.90. The Labute approximate surface area is 133 Å². The number of hydrogen-bond donors (Lipinski definition) is 1. The molecule has 0 saturated carbocycles. The summed E-state index contributed by atoms with van der Waals surface area (Å²) in [5.74, 6) is -25.0. The summed E-state index contributed by atoms with van der Waals surface area (Å²) < 4.78 is 134. The summed E-state index contributed by atoms with van der Waals surface area (Å²) in [5.41, 5.74) is 1.41. The molecule has 134 valence electrons. The predicted octanol–water partition coefficient (Wildman–Crippen LogP) is 2.18. The van der Waals surface area contributed by atoms with E-state index in [1.807, 2.05) is 0 Å². The molecule has 0 radical (unpaired) electrons. The maximum Gasteiger partial charge on any atom is 0.238 e. The largest absolute Gasteiger partial charge is 0.337 e. The molecule has 0 aliphatic rings. The van der Waals surface area contributed by atoms with Crippen LogP contribution in [-0.4, -0.2) is 13.2 Å². The Hall–Kier alpha value is -2.24. The van der Waals surface area contributed by atoms with E-state index in [2.05, 4.69) is 0 Å². The number of halogens is 10. The van der Waals surface area contributed by atoms with Crippen LogP contribution in [0.15, 0.2) is 0 Å². The van der Waals surface area contributed by atoms with Crippen LogP contribution in [0.4, 0.5) is 43.9 Å². The molecule has 0 aliphatic carbocycles. The van der Waals surface area contributed by atoms with Crippen molar-refractivity contribution in [1.29, 1.82) is 0 Å². The lowest BCUT2D eigenvalue weighted by Crippen LogP contribution is -2.55. The molecule has 0 bridgehead atoms. The number of rotatable bonds is 3. The summed E-state index contributed by atoms with van der Waals surface area (Å²) in [5, 5.41) is 0. The SMILES string of the molecule is NCB(c1c(F)c(F)c(F)c(F)c1F)c1c(F)c(F)c(F)c(F)c1F. The van der Waals surface area contributed by atoms with Gasteiger partial charge in [-0.3, -0.25) is 0 Å². The lowest BCUT2D eigenvalue weighted by molar-refractivity contribution is 0.382. The third kappa shape index (κ3) is 2.73. The van der Waals surface area contributed by atoms with Crippen LogP contribution in [0.3, 0.4) is 0 Å². The van der Waals surface area contributed by atoms with Crippen LogP contribution in [0.2, 0.25) is 0 Å². The van der Waals surface area contributed by atoms with Crippen LogP contribution in [0.1, 0.15) is 0 Å². The molecule has 0 aliphatic heterocycles. The smallest absolute Gasteiger partial charge is 0.238 e. The second-order valence-corrected chi connectivity index (χ2v) is 4.76. The van der Waals surface area contributed by atoms with E-state index in [4.69, 9.17) is 5.73 Å². The molecule has 0 spiro atoms. The summed E-state index contributed by atoms with van der Waals surface area (Å²) in [7, 11) is 0. The Bertz CT molecular complexity index is 741. The molecule has 0 atom stereocenters. The molecule has 0 aromatic heterocycles. The highest BCUT2D eigenvalue weighted by Crippen LogP contribution is 2.20. The van der Waals surface area contributed by atoms with E-state index in [0.29, 0.717) is 0 Å². The maximum absolute atomic E-state index is 13.8. The van der Waals surface area contributed by atoms with Crippen LogP contribution in [0.25, 0.3) is 0 Å². The van der Waals surface area contributed by atoms with E-state index >= 15 is 0 Å². The van der Waals surface area contributed by atoms with Gasteiger partial charge >= 0.3 is 0 Å². The van der Waals surface area contributed by atoms with Gasteiger partial charge in [-0.1, -0.05) is 0 Å². The van der Waals surface area contributed by atoms with E-state index in [-0.39, 0.29) is 0 Å². The van der Waals surface area contributed by atoms with Gasteiger partial charge in [0, 0.05) is 10.9 Å². The number of benzene rings is 2. The van der Waals surface area contributed by atoms with Gasteiger partial charge in [-0.25, -0.2) is 43.9 Å². The summed E-state index contributed by atoms with van der Waals surface area (Å²) >= 11 is 0. The third-order valence-electron chi connectivity index (χ3n) is 3.42. The lowest BCUT2D eigenvalue weighted by Gasteiger charge is -2.17. The van der Waals surface area contributed by atoms with E-state index in [1.165, 1.54) is 0 Å². The van der Waals surface area contributed by atoms with Gasteiger partial charge < -0.3 is 5.73 Å². The first-order chi connectivity index (χ1) is 11.6. The van der Waals surface area contributed by atoms with E-state index in [0.717, 1.165) is 0 Å². The van der Waals surface area contributed by atoms with E-state index < -0.39 is 82.3 Å². The van der Waals surface area contributed by atoms with Crippen molar-refractivity contribution in [2.75, 3.05) is 6.44 Å². The first-order valence-corrected chi connectivity index (χ1v) is 6.28. The molecule has 0 fully saturated rings. The van der Waals surface area contributed by atoms with Crippen molar-refractivity contribution < 1.29 is 43.9 Å². The topological polar surface area (TPSA) is 26.0 Å². The van der Waals surface area contributed by atoms with Crippen molar-refractivity contribution in [1.82, 2.24) is 0 Å². The van der Waals surface area contributed by atoms with Crippen LogP contribution in [-0.2, 0) is 0 Å². The molecule has 1 nitrogen and oxygen atoms in total. The van der Waals surface area contributed by atoms with Crippen molar-refractivity contribution in [3.05, 3.63) is 58.2 Å². The van der Waals surface area contributed by atoms with E-state index in [9.17, 15) is 43.9 Å². The number of nitrogens with two attached hydrogens (primary N) is 1. The molecule has 0 heterocycles. The Morgan fingerprint density at radius 3 is 0.840 bits per heavy atom. The quantitative estimate of drug-likeness (QED) is 0.379.